The van der Waals surface area contributed by atoms with Gasteiger partial charge in [-0.2, -0.15) is 0 Å². The van der Waals surface area contributed by atoms with Crippen molar-refractivity contribution in [3.05, 3.63) is 35.6 Å². The summed E-state index contributed by atoms with van der Waals surface area (Å²) in [6.07, 6.45) is 6.63. The van der Waals surface area contributed by atoms with Gasteiger partial charge in [0.15, 0.2) is 0 Å². The van der Waals surface area contributed by atoms with Gasteiger partial charge in [0, 0.05) is 19.8 Å². The van der Waals surface area contributed by atoms with E-state index >= 15 is 0 Å². The van der Waals surface area contributed by atoms with Crippen LogP contribution in [0.15, 0.2) is 24.3 Å². The lowest BCUT2D eigenvalue weighted by Gasteiger charge is -2.21. The Kier molecular flexibility index (Phi) is 8.13. The van der Waals surface area contributed by atoms with Gasteiger partial charge in [0.05, 0.1) is 0 Å². The number of nitrogens with one attached hydrogen (secondary N) is 2. The molecule has 2 atom stereocenters. The molecule has 0 aliphatic rings. The number of hydrogen-bond acceptors (Lipinski definition) is 3. The third-order valence-electron chi connectivity index (χ3n) is 3.52. The van der Waals surface area contributed by atoms with Crippen molar-refractivity contribution >= 4 is 17.7 Å². The molecule has 0 radical (unpaired) electrons. The number of nitrogens with two attached hydrogens (primary N) is 1. The second-order valence-electron chi connectivity index (χ2n) is 5.64. The van der Waals surface area contributed by atoms with Crippen LogP contribution in [-0.4, -0.2) is 29.8 Å². The lowest BCUT2D eigenvalue weighted by atomic mass is 10.0. The third-order valence-corrected chi connectivity index (χ3v) is 3.52. The second kappa shape index (κ2) is 10.1. The third kappa shape index (κ3) is 7.48. The van der Waals surface area contributed by atoms with Crippen LogP contribution in [0.3, 0.4) is 0 Å². The number of unbranched alkanes of at least 4 members (excludes halogenated alkanes) is 1. The van der Waals surface area contributed by atoms with E-state index in [0.717, 1.165) is 0 Å². The van der Waals surface area contributed by atoms with Crippen LogP contribution in [0.5, 0.6) is 0 Å². The van der Waals surface area contributed by atoms with Gasteiger partial charge in [-0.25, -0.2) is 4.39 Å². The molecule has 0 aliphatic carbocycles. The largest absolute Gasteiger partial charge is 0.368 e. The van der Waals surface area contributed by atoms with Gasteiger partial charge >= 0.3 is 0 Å². The van der Waals surface area contributed by atoms with E-state index in [2.05, 4.69) is 16.6 Å². The van der Waals surface area contributed by atoms with Crippen LogP contribution in [0.4, 0.5) is 4.39 Å². The van der Waals surface area contributed by atoms with Crippen LogP contribution in [0, 0.1) is 18.2 Å². The normalized spacial score (nSPS) is 12.5. The summed E-state index contributed by atoms with van der Waals surface area (Å²) in [4.78, 5) is 35.3. The monoisotopic (exact) mass is 347 g/mol. The molecule has 0 unspecified atom stereocenters. The van der Waals surface area contributed by atoms with E-state index < -0.39 is 35.6 Å². The first-order valence-corrected chi connectivity index (χ1v) is 7.88. The second-order valence-corrected chi connectivity index (χ2v) is 5.64. The molecule has 0 saturated carbocycles. The Morgan fingerprint density at radius 2 is 1.84 bits per heavy atom. The van der Waals surface area contributed by atoms with Crippen molar-refractivity contribution in [2.75, 3.05) is 0 Å². The number of hydrogen-bond donors (Lipinski definition) is 3. The van der Waals surface area contributed by atoms with Crippen molar-refractivity contribution in [1.82, 2.24) is 10.6 Å². The molecule has 3 amide bonds. The number of benzene rings is 1. The average Bonchev–Trinajstić information content (AvgIpc) is 2.54. The molecule has 0 spiro atoms. The number of terminal acetylenes is 1. The maximum Gasteiger partial charge on any atom is 0.243 e. The lowest BCUT2D eigenvalue weighted by molar-refractivity contribution is -0.130. The summed E-state index contributed by atoms with van der Waals surface area (Å²) in [6.45, 7) is 1.28. The Morgan fingerprint density at radius 3 is 2.36 bits per heavy atom. The fourth-order valence-electron chi connectivity index (χ4n) is 2.28. The molecule has 1 rings (SSSR count). The molecule has 4 N–H and O–H groups in total. The highest BCUT2D eigenvalue weighted by atomic mass is 19.1. The van der Waals surface area contributed by atoms with Gasteiger partial charge in [-0.3, -0.25) is 14.4 Å². The maximum atomic E-state index is 13.0. The molecular formula is C18H22FN3O3. The van der Waals surface area contributed by atoms with Gasteiger partial charge in [0.25, 0.3) is 0 Å². The quantitative estimate of drug-likeness (QED) is 0.451. The number of amides is 3. The lowest BCUT2D eigenvalue weighted by Crippen LogP contribution is -2.53. The van der Waals surface area contributed by atoms with Gasteiger partial charge in [-0.15, -0.1) is 12.3 Å². The topological polar surface area (TPSA) is 101 Å². The number of carbonyl (C=O) groups excluding carboxylic acids is 3. The molecule has 0 heterocycles. The molecule has 0 bridgehead atoms. The number of rotatable bonds is 9. The van der Waals surface area contributed by atoms with E-state index in [1.165, 1.54) is 31.2 Å². The van der Waals surface area contributed by atoms with E-state index in [0.29, 0.717) is 24.8 Å². The van der Waals surface area contributed by atoms with E-state index in [-0.39, 0.29) is 6.42 Å². The Bertz CT molecular complexity index is 653. The molecule has 134 valence electrons. The summed E-state index contributed by atoms with van der Waals surface area (Å²) in [7, 11) is 0. The van der Waals surface area contributed by atoms with Crippen LogP contribution in [-0.2, 0) is 20.8 Å². The van der Waals surface area contributed by atoms with E-state index in [9.17, 15) is 18.8 Å². The smallest absolute Gasteiger partial charge is 0.243 e. The van der Waals surface area contributed by atoms with Crippen LogP contribution >= 0.6 is 0 Å². The summed E-state index contributed by atoms with van der Waals surface area (Å²) >= 11 is 0. The molecule has 0 fully saturated rings. The van der Waals surface area contributed by atoms with Gasteiger partial charge in [0.2, 0.25) is 17.7 Å². The molecule has 0 aromatic heterocycles. The number of primary amides is 1. The van der Waals surface area contributed by atoms with Crippen molar-refractivity contribution in [1.29, 1.82) is 0 Å². The SMILES string of the molecule is C#CCCC[C@@H](NC(=O)[C@H](Cc1ccc(F)cc1)NC(C)=O)C(N)=O. The highest BCUT2D eigenvalue weighted by molar-refractivity contribution is 5.91. The van der Waals surface area contributed by atoms with Gasteiger partial charge in [0.1, 0.15) is 17.9 Å². The minimum absolute atomic E-state index is 0.154. The molecular weight excluding hydrogens is 325 g/mol. The fraction of sp³-hybridized carbons (Fsp3) is 0.389. The predicted octanol–water partition coefficient (Wildman–Crippen LogP) is 0.647. The first-order chi connectivity index (χ1) is 11.8. The van der Waals surface area contributed by atoms with E-state index in [1.807, 2.05) is 0 Å². The summed E-state index contributed by atoms with van der Waals surface area (Å²) in [5, 5.41) is 5.07. The predicted molar refractivity (Wildman–Crippen MR) is 91.5 cm³/mol. The Hall–Kier alpha value is -2.88. The van der Waals surface area contributed by atoms with Gasteiger partial charge in [-0.05, 0) is 30.5 Å². The van der Waals surface area contributed by atoms with E-state index in [1.54, 1.807) is 0 Å². The summed E-state index contributed by atoms with van der Waals surface area (Å²) in [6, 6.07) is 3.81. The number of carbonyl (C=O) groups is 3. The zero-order chi connectivity index (χ0) is 18.8. The summed E-state index contributed by atoms with van der Waals surface area (Å²) in [5.41, 5.74) is 5.97. The summed E-state index contributed by atoms with van der Waals surface area (Å²) < 4.78 is 13.0. The molecule has 25 heavy (non-hydrogen) atoms. The maximum absolute atomic E-state index is 13.0. The van der Waals surface area contributed by atoms with Crippen molar-refractivity contribution in [3.8, 4) is 12.3 Å². The van der Waals surface area contributed by atoms with Crippen LogP contribution in [0.2, 0.25) is 0 Å². The van der Waals surface area contributed by atoms with Crippen molar-refractivity contribution in [2.45, 2.75) is 44.7 Å². The molecule has 7 heteroatoms. The zero-order valence-electron chi connectivity index (χ0n) is 14.0. The Morgan fingerprint density at radius 1 is 1.20 bits per heavy atom. The van der Waals surface area contributed by atoms with Crippen molar-refractivity contribution < 1.29 is 18.8 Å². The van der Waals surface area contributed by atoms with Gasteiger partial charge < -0.3 is 16.4 Å². The minimum atomic E-state index is -0.905. The summed E-state index contributed by atoms with van der Waals surface area (Å²) in [5.74, 6) is 0.444. The van der Waals surface area contributed by atoms with Crippen LogP contribution in [0.1, 0.15) is 31.7 Å². The molecule has 6 nitrogen and oxygen atoms in total. The average molecular weight is 347 g/mol. The van der Waals surface area contributed by atoms with E-state index in [4.69, 9.17) is 12.2 Å². The molecule has 0 aliphatic heterocycles. The zero-order valence-corrected chi connectivity index (χ0v) is 14.0. The highest BCUT2D eigenvalue weighted by Crippen LogP contribution is 2.07. The molecule has 1 aromatic carbocycles. The minimum Gasteiger partial charge on any atom is -0.368 e. The van der Waals surface area contributed by atoms with Crippen molar-refractivity contribution in [2.24, 2.45) is 5.73 Å². The first-order valence-electron chi connectivity index (χ1n) is 7.88. The van der Waals surface area contributed by atoms with Crippen molar-refractivity contribution in [3.63, 3.8) is 0 Å². The van der Waals surface area contributed by atoms with Crippen LogP contribution in [0.25, 0.3) is 0 Å². The Labute approximate surface area is 146 Å². The number of halogens is 1. The fourth-order valence-corrected chi connectivity index (χ4v) is 2.28. The van der Waals surface area contributed by atoms with Gasteiger partial charge in [-0.1, -0.05) is 12.1 Å². The standard InChI is InChI=1S/C18H22FN3O3/c1-3-4-5-6-15(17(20)24)22-18(25)16(21-12(2)23)11-13-7-9-14(19)10-8-13/h1,7-10,15-16H,4-6,11H2,2H3,(H2,20,24)(H,21,23)(H,22,25)/t15-,16+/m1/s1. The molecule has 0 saturated heterocycles. The Balaban J connectivity index is 2.80. The van der Waals surface area contributed by atoms with Crippen LogP contribution < -0.4 is 16.4 Å². The highest BCUT2D eigenvalue weighted by Gasteiger charge is 2.25. The first kappa shape index (κ1) is 20.2. The molecule has 1 aromatic rings.